The monoisotopic (exact) mass is 284 g/mol. The molecule has 0 radical (unpaired) electrons. The van der Waals surface area contributed by atoms with E-state index in [1.807, 2.05) is 0 Å². The maximum Gasteiger partial charge on any atom is 0.309 e. The Morgan fingerprint density at radius 3 is 1.70 bits per heavy atom. The quantitative estimate of drug-likeness (QED) is 0.590. The Labute approximate surface area is 121 Å². The van der Waals surface area contributed by atoms with Crippen molar-refractivity contribution in [3.05, 3.63) is 0 Å². The molecule has 6 heteroatoms. The highest BCUT2D eigenvalue weighted by Crippen LogP contribution is 2.03. The molecule has 116 valence electrons. The molecule has 0 aromatic carbocycles. The molecule has 3 aliphatic heterocycles. The molecule has 3 rings (SSSR count). The van der Waals surface area contributed by atoms with Crippen LogP contribution in [0, 0.1) is 5.92 Å². The van der Waals surface area contributed by atoms with E-state index < -0.39 is 5.97 Å². The zero-order valence-electron chi connectivity index (χ0n) is 12.3. The summed E-state index contributed by atoms with van der Waals surface area (Å²) in [6.07, 6.45) is 2.19. The average Bonchev–Trinajstić information content (AvgIpc) is 2.46. The van der Waals surface area contributed by atoms with Crippen LogP contribution in [0.3, 0.4) is 0 Å². The predicted octanol–water partition coefficient (Wildman–Crippen LogP) is -0.722. The molecular weight excluding hydrogens is 256 g/mol. The second-order valence-electron chi connectivity index (χ2n) is 5.83. The van der Waals surface area contributed by atoms with Gasteiger partial charge in [-0.05, 0) is 39.0 Å². The van der Waals surface area contributed by atoms with Crippen molar-refractivity contribution < 1.29 is 9.90 Å². The number of nitrogens with zero attached hydrogens (tertiary/aromatic N) is 2. The van der Waals surface area contributed by atoms with Crippen molar-refractivity contribution in [2.75, 3.05) is 65.4 Å². The van der Waals surface area contributed by atoms with Gasteiger partial charge < -0.3 is 25.5 Å². The van der Waals surface area contributed by atoms with Crippen LogP contribution >= 0.6 is 0 Å². The number of aliphatic carboxylic acids is 1. The van der Waals surface area contributed by atoms with Crippen molar-refractivity contribution >= 4 is 5.97 Å². The zero-order valence-corrected chi connectivity index (χ0v) is 12.3. The number of nitrogens with one attached hydrogen (secondary N) is 2. The lowest BCUT2D eigenvalue weighted by Gasteiger charge is -2.34. The molecule has 0 aromatic heterocycles. The molecule has 3 fully saturated rings. The van der Waals surface area contributed by atoms with Gasteiger partial charge in [0.15, 0.2) is 0 Å². The second kappa shape index (κ2) is 8.56. The lowest BCUT2D eigenvalue weighted by atomic mass is 10.1. The molecule has 0 aromatic rings. The van der Waals surface area contributed by atoms with Gasteiger partial charge >= 0.3 is 5.97 Å². The van der Waals surface area contributed by atoms with Crippen LogP contribution in [0.5, 0.6) is 0 Å². The second-order valence-corrected chi connectivity index (χ2v) is 5.83. The normalized spacial score (nSPS) is 34.1. The van der Waals surface area contributed by atoms with Gasteiger partial charge in [-0.25, -0.2) is 0 Å². The molecule has 2 bridgehead atoms. The molecule has 0 aliphatic carbocycles. The predicted molar refractivity (Wildman–Crippen MR) is 79.0 cm³/mol. The van der Waals surface area contributed by atoms with Crippen molar-refractivity contribution in [1.82, 2.24) is 20.4 Å². The Balaban J connectivity index is 1.80. The van der Waals surface area contributed by atoms with E-state index in [0.717, 1.165) is 39.0 Å². The minimum absolute atomic E-state index is 0.322. The first-order chi connectivity index (χ1) is 9.75. The van der Waals surface area contributed by atoms with Gasteiger partial charge in [0.2, 0.25) is 0 Å². The molecule has 3 saturated heterocycles. The fraction of sp³-hybridized carbons (Fsp3) is 0.929. The van der Waals surface area contributed by atoms with E-state index in [1.165, 1.54) is 26.2 Å². The minimum atomic E-state index is -0.707. The number of rotatable bonds is 1. The van der Waals surface area contributed by atoms with E-state index >= 15 is 0 Å². The van der Waals surface area contributed by atoms with Gasteiger partial charge in [0.1, 0.15) is 0 Å². The van der Waals surface area contributed by atoms with Gasteiger partial charge in [-0.2, -0.15) is 0 Å². The summed E-state index contributed by atoms with van der Waals surface area (Å²) in [5.74, 6) is -1.03. The summed E-state index contributed by atoms with van der Waals surface area (Å²) >= 11 is 0. The minimum Gasteiger partial charge on any atom is -0.481 e. The van der Waals surface area contributed by atoms with Crippen molar-refractivity contribution in [3.63, 3.8) is 0 Å². The highest BCUT2D eigenvalue weighted by atomic mass is 16.4. The molecule has 0 atom stereocenters. The van der Waals surface area contributed by atoms with Gasteiger partial charge in [-0.1, -0.05) is 0 Å². The Bertz CT molecular complexity index is 271. The molecule has 3 heterocycles. The Hall–Kier alpha value is -0.690. The highest BCUT2D eigenvalue weighted by molar-refractivity contribution is 5.70. The summed E-state index contributed by atoms with van der Waals surface area (Å²) in [6.45, 7) is 9.87. The molecule has 20 heavy (non-hydrogen) atoms. The number of carboxylic acid groups (broad SMARTS) is 1. The summed E-state index contributed by atoms with van der Waals surface area (Å²) < 4.78 is 0. The summed E-state index contributed by atoms with van der Waals surface area (Å²) in [6, 6.07) is 0. The first-order valence-corrected chi connectivity index (χ1v) is 7.84. The molecule has 3 N–H and O–H groups in total. The first kappa shape index (κ1) is 15.7. The van der Waals surface area contributed by atoms with Crippen LogP contribution in [-0.2, 0) is 4.79 Å². The van der Waals surface area contributed by atoms with E-state index in [-0.39, 0.29) is 5.92 Å². The number of carbonyl (C=O) groups is 1. The number of piperazine rings is 1. The fourth-order valence-corrected chi connectivity index (χ4v) is 2.89. The average molecular weight is 284 g/mol. The van der Waals surface area contributed by atoms with E-state index in [9.17, 15) is 9.90 Å². The third-order valence-electron chi connectivity index (χ3n) is 4.25. The highest BCUT2D eigenvalue weighted by Gasteiger charge is 2.18. The Kier molecular flexibility index (Phi) is 6.72. The summed E-state index contributed by atoms with van der Waals surface area (Å²) in [5.41, 5.74) is 0. The Morgan fingerprint density at radius 1 is 0.850 bits per heavy atom. The van der Waals surface area contributed by atoms with Gasteiger partial charge in [-0.3, -0.25) is 4.79 Å². The molecule has 6 nitrogen and oxygen atoms in total. The van der Waals surface area contributed by atoms with Crippen LogP contribution in [0.15, 0.2) is 0 Å². The van der Waals surface area contributed by atoms with Gasteiger partial charge in [-0.15, -0.1) is 0 Å². The van der Waals surface area contributed by atoms with Crippen molar-refractivity contribution in [1.29, 1.82) is 0 Å². The smallest absolute Gasteiger partial charge is 0.309 e. The molecule has 0 spiro atoms. The van der Waals surface area contributed by atoms with Crippen LogP contribution in [0.25, 0.3) is 0 Å². The third kappa shape index (κ3) is 5.36. The number of fused-ring (bicyclic) bond motifs is 12. The number of carboxylic acids is 1. The van der Waals surface area contributed by atoms with Crippen LogP contribution in [0.1, 0.15) is 12.8 Å². The van der Waals surface area contributed by atoms with Crippen LogP contribution in [-0.4, -0.2) is 86.3 Å². The van der Waals surface area contributed by atoms with Crippen LogP contribution in [0.2, 0.25) is 0 Å². The topological polar surface area (TPSA) is 67.8 Å². The van der Waals surface area contributed by atoms with E-state index in [2.05, 4.69) is 20.4 Å². The van der Waals surface area contributed by atoms with E-state index in [4.69, 9.17) is 0 Å². The zero-order chi connectivity index (χ0) is 14.2. The molecule has 3 aliphatic rings. The molecular formula is C14H28N4O2. The van der Waals surface area contributed by atoms with Crippen LogP contribution in [0.4, 0.5) is 0 Å². The van der Waals surface area contributed by atoms with Gasteiger partial charge in [0, 0.05) is 39.3 Å². The molecule has 0 amide bonds. The van der Waals surface area contributed by atoms with E-state index in [1.54, 1.807) is 0 Å². The number of hydrogen-bond donors (Lipinski definition) is 3. The first-order valence-electron chi connectivity index (χ1n) is 7.84. The van der Waals surface area contributed by atoms with Gasteiger partial charge in [0.25, 0.3) is 0 Å². The largest absolute Gasteiger partial charge is 0.481 e. The summed E-state index contributed by atoms with van der Waals surface area (Å²) in [5, 5.41) is 15.8. The van der Waals surface area contributed by atoms with Gasteiger partial charge in [0.05, 0.1) is 5.92 Å². The SMILES string of the molecule is O=C(O)C1CNCCCN2CCN(CCCNC1)CC2. The summed E-state index contributed by atoms with van der Waals surface area (Å²) in [7, 11) is 0. The van der Waals surface area contributed by atoms with Crippen molar-refractivity contribution in [2.45, 2.75) is 12.8 Å². The Morgan fingerprint density at radius 2 is 1.30 bits per heavy atom. The maximum absolute atomic E-state index is 11.2. The standard InChI is InChI=1S/C14H28N4O2/c19-14(20)13-11-15-3-1-5-17-7-9-18(10-8-17)6-2-4-16-12-13/h13,15-16H,1-12H2,(H,19,20). The molecule has 0 unspecified atom stereocenters. The van der Waals surface area contributed by atoms with Crippen molar-refractivity contribution in [3.8, 4) is 0 Å². The van der Waals surface area contributed by atoms with E-state index in [0.29, 0.717) is 13.1 Å². The van der Waals surface area contributed by atoms with Crippen LogP contribution < -0.4 is 10.6 Å². The molecule has 0 saturated carbocycles. The summed E-state index contributed by atoms with van der Waals surface area (Å²) in [4.78, 5) is 16.2. The lowest BCUT2D eigenvalue weighted by Crippen LogP contribution is -2.47. The van der Waals surface area contributed by atoms with Crippen molar-refractivity contribution in [2.24, 2.45) is 5.92 Å². The fourth-order valence-electron chi connectivity index (χ4n) is 2.89. The maximum atomic E-state index is 11.2. The lowest BCUT2D eigenvalue weighted by molar-refractivity contribution is -0.141. The third-order valence-corrected chi connectivity index (χ3v) is 4.25. The number of hydrogen-bond acceptors (Lipinski definition) is 5.